The second-order valence-corrected chi connectivity index (χ2v) is 11.1. The predicted molar refractivity (Wildman–Crippen MR) is 157 cm³/mol. The minimum absolute atomic E-state index is 0.00415. The fraction of sp³-hybridized carbons (Fsp3) is 0.276. The van der Waals surface area contributed by atoms with Crippen molar-refractivity contribution in [1.82, 2.24) is 9.80 Å². The van der Waals surface area contributed by atoms with E-state index in [1.54, 1.807) is 18.2 Å². The van der Waals surface area contributed by atoms with Gasteiger partial charge in [0.25, 0.3) is 0 Å². The Labute approximate surface area is 255 Å². The number of halogens is 3. The molecule has 2 aliphatic rings. The number of hydrogen-bond acceptors (Lipinski definition) is 7. The highest BCUT2D eigenvalue weighted by Gasteiger charge is 2.37. The molecule has 1 N–H and O–H groups in total. The van der Waals surface area contributed by atoms with Gasteiger partial charge in [0.15, 0.2) is 17.2 Å². The van der Waals surface area contributed by atoms with E-state index in [4.69, 9.17) is 37.4 Å². The highest BCUT2D eigenvalue weighted by molar-refractivity contribution is 9.10. The number of nitrogens with zero attached hydrogens (tertiary/aromatic N) is 2. The van der Waals surface area contributed by atoms with Crippen LogP contribution < -0.4 is 4.74 Å². The summed E-state index contributed by atoms with van der Waals surface area (Å²) in [4.78, 5) is 42.5. The summed E-state index contributed by atoms with van der Waals surface area (Å²) in [5.74, 6) is -1.27. The van der Waals surface area contributed by atoms with E-state index in [1.165, 1.54) is 37.1 Å². The third kappa shape index (κ3) is 6.89. The molecule has 0 fully saturated rings. The molecule has 5 rings (SSSR count). The number of carbonyl (C=O) groups excluding carboxylic acids is 3. The lowest BCUT2D eigenvalue weighted by molar-refractivity contribution is -0.153. The monoisotopic (exact) mass is 664 g/mol. The van der Waals surface area contributed by atoms with Crippen LogP contribution in [0.3, 0.4) is 0 Å². The van der Waals surface area contributed by atoms with Crippen LogP contribution in [-0.4, -0.2) is 66.2 Å². The molecule has 0 unspecified atom stereocenters. The lowest BCUT2D eigenvalue weighted by Crippen LogP contribution is -2.54. The van der Waals surface area contributed by atoms with E-state index in [0.29, 0.717) is 11.1 Å². The average Bonchev–Trinajstić information content (AvgIpc) is 2.96. The Hall–Kier alpha value is -3.47. The number of phenols is 1. The van der Waals surface area contributed by atoms with Gasteiger partial charge in [-0.2, -0.15) is 0 Å². The van der Waals surface area contributed by atoms with Gasteiger partial charge < -0.3 is 24.2 Å². The molecule has 0 aromatic heterocycles. The molecule has 0 spiro atoms. The van der Waals surface area contributed by atoms with Gasteiger partial charge in [-0.05, 0) is 56.9 Å². The topological polar surface area (TPSA) is 106 Å². The van der Waals surface area contributed by atoms with Crippen LogP contribution in [0.25, 0.3) is 0 Å². The van der Waals surface area contributed by atoms with E-state index in [1.807, 2.05) is 30.3 Å². The maximum absolute atomic E-state index is 14.0. The van der Waals surface area contributed by atoms with E-state index in [-0.39, 0.29) is 51.2 Å². The lowest BCUT2D eigenvalue weighted by Gasteiger charge is -2.34. The molecule has 2 atom stereocenters. The van der Waals surface area contributed by atoms with Gasteiger partial charge in [-0.15, -0.1) is 0 Å². The quantitative estimate of drug-likeness (QED) is 0.341. The number of likely N-dealkylation sites (N-methyl/N-ethyl adjacent to an activating group) is 2. The number of aromatic hydroxyl groups is 1. The molecule has 4 bridgehead atoms. The highest BCUT2D eigenvalue weighted by atomic mass is 79.9. The SMILES string of the molecule is COC(=O)[C@@H]1Cc2cc(Br)c(O)c(c2)Oc2c(Cl)cc(cc2Cl)C[C@@H](N(C)C(=O)OCc2ccccc2)C(=O)N1C. The zero-order valence-corrected chi connectivity index (χ0v) is 25.5. The maximum Gasteiger partial charge on any atom is 0.410 e. The van der Waals surface area contributed by atoms with Crippen LogP contribution in [0.1, 0.15) is 16.7 Å². The minimum Gasteiger partial charge on any atom is -0.503 e. The normalized spacial score (nSPS) is 16.9. The van der Waals surface area contributed by atoms with Crippen molar-refractivity contribution >= 4 is 57.1 Å². The molecule has 41 heavy (non-hydrogen) atoms. The number of benzene rings is 3. The number of phenolic OH excluding ortho intramolecular Hbond substituents is 1. The van der Waals surface area contributed by atoms with Gasteiger partial charge in [-0.1, -0.05) is 53.5 Å². The largest absolute Gasteiger partial charge is 0.503 e. The number of esters is 1. The first-order valence-electron chi connectivity index (χ1n) is 12.4. The summed E-state index contributed by atoms with van der Waals surface area (Å²) in [7, 11) is 4.13. The Kier molecular flexibility index (Phi) is 9.68. The maximum atomic E-state index is 14.0. The zero-order chi connectivity index (χ0) is 29.8. The van der Waals surface area contributed by atoms with Gasteiger partial charge in [0.2, 0.25) is 5.91 Å². The van der Waals surface area contributed by atoms with E-state index in [2.05, 4.69) is 15.9 Å². The molecular formula is C29H27BrCl2N2O7. The van der Waals surface area contributed by atoms with Crippen LogP contribution in [0.15, 0.2) is 59.1 Å². The molecule has 216 valence electrons. The number of carbonyl (C=O) groups is 3. The summed E-state index contributed by atoms with van der Waals surface area (Å²) in [6, 6.07) is 13.2. The van der Waals surface area contributed by atoms with Gasteiger partial charge in [0, 0.05) is 26.9 Å². The molecule has 3 aromatic carbocycles. The van der Waals surface area contributed by atoms with Crippen LogP contribution in [0.2, 0.25) is 10.0 Å². The Bertz CT molecular complexity index is 1450. The molecule has 0 radical (unpaired) electrons. The Balaban J connectivity index is 1.77. The van der Waals surface area contributed by atoms with E-state index in [0.717, 1.165) is 5.56 Å². The highest BCUT2D eigenvalue weighted by Crippen LogP contribution is 2.43. The van der Waals surface area contributed by atoms with Crippen LogP contribution in [-0.2, 0) is 38.5 Å². The van der Waals surface area contributed by atoms with E-state index < -0.39 is 30.1 Å². The van der Waals surface area contributed by atoms with Gasteiger partial charge in [-0.25, -0.2) is 9.59 Å². The Morgan fingerprint density at radius 1 is 1.10 bits per heavy atom. The summed E-state index contributed by atoms with van der Waals surface area (Å²) >= 11 is 16.4. The molecular weight excluding hydrogens is 639 g/mol. The first-order chi connectivity index (χ1) is 19.5. The van der Waals surface area contributed by atoms with Crippen molar-refractivity contribution in [3.8, 4) is 17.2 Å². The Morgan fingerprint density at radius 2 is 1.73 bits per heavy atom. The van der Waals surface area contributed by atoms with Gasteiger partial charge in [0.1, 0.15) is 18.7 Å². The number of methoxy groups -OCH3 is 1. The number of fused-ring (bicyclic) bond motifs is 7. The van der Waals surface area contributed by atoms with Crippen LogP contribution in [0.5, 0.6) is 17.2 Å². The first-order valence-corrected chi connectivity index (χ1v) is 14.0. The predicted octanol–water partition coefficient (Wildman–Crippen LogP) is 5.99. The Morgan fingerprint density at radius 3 is 2.37 bits per heavy atom. The summed E-state index contributed by atoms with van der Waals surface area (Å²) < 4.78 is 16.7. The second kappa shape index (κ2) is 13.0. The molecule has 0 saturated heterocycles. The molecule has 2 aliphatic heterocycles. The molecule has 2 amide bonds. The van der Waals surface area contributed by atoms with Crippen LogP contribution in [0, 0.1) is 0 Å². The van der Waals surface area contributed by atoms with Crippen molar-refractivity contribution in [3.63, 3.8) is 0 Å². The summed E-state index contributed by atoms with van der Waals surface area (Å²) in [5, 5.41) is 10.9. The smallest absolute Gasteiger partial charge is 0.410 e. The third-order valence-electron chi connectivity index (χ3n) is 6.75. The average molecular weight is 666 g/mol. The molecule has 3 aromatic rings. The minimum atomic E-state index is -1.10. The molecule has 2 heterocycles. The van der Waals surface area contributed by atoms with Gasteiger partial charge in [0.05, 0.1) is 21.6 Å². The number of rotatable bonds is 4. The number of hydrogen-bond donors (Lipinski definition) is 1. The van der Waals surface area contributed by atoms with Gasteiger partial charge >= 0.3 is 12.1 Å². The van der Waals surface area contributed by atoms with E-state index in [9.17, 15) is 19.5 Å². The fourth-order valence-corrected chi connectivity index (χ4v) is 5.55. The fourth-order valence-electron chi connectivity index (χ4n) is 4.45. The van der Waals surface area contributed by atoms with Crippen molar-refractivity contribution in [1.29, 1.82) is 0 Å². The number of ether oxygens (including phenoxy) is 3. The number of amides is 2. The summed E-state index contributed by atoms with van der Waals surface area (Å²) in [6.07, 6.45) is -0.728. The summed E-state index contributed by atoms with van der Waals surface area (Å²) in [5.41, 5.74) is 1.84. The van der Waals surface area contributed by atoms with Gasteiger partial charge in [-0.3, -0.25) is 9.69 Å². The molecule has 0 saturated carbocycles. The van der Waals surface area contributed by atoms with Crippen molar-refractivity contribution < 1.29 is 33.7 Å². The van der Waals surface area contributed by atoms with Crippen LogP contribution in [0.4, 0.5) is 4.79 Å². The van der Waals surface area contributed by atoms with Crippen molar-refractivity contribution in [3.05, 3.63) is 85.8 Å². The van der Waals surface area contributed by atoms with Crippen molar-refractivity contribution in [2.45, 2.75) is 31.5 Å². The lowest BCUT2D eigenvalue weighted by atomic mass is 10.00. The van der Waals surface area contributed by atoms with Crippen molar-refractivity contribution in [2.24, 2.45) is 0 Å². The first kappa shape index (κ1) is 30.5. The standard InChI is InChI=1S/C29H27BrCl2N2O7/c1-33-23(28(37)39-3)13-17-9-19(30)25(35)24(14-17)41-26-20(31)10-18(11-21(26)32)12-22(27(33)36)34(2)29(38)40-15-16-7-5-4-6-8-16/h4-11,14,22-23,35H,12-13,15H2,1-3H3/t22-,23+/m1/s1. The summed E-state index contributed by atoms with van der Waals surface area (Å²) in [6.45, 7) is 0.00725. The molecule has 0 aliphatic carbocycles. The molecule has 9 nitrogen and oxygen atoms in total. The van der Waals surface area contributed by atoms with E-state index >= 15 is 0 Å². The zero-order valence-electron chi connectivity index (χ0n) is 22.4. The second-order valence-electron chi connectivity index (χ2n) is 9.48. The third-order valence-corrected chi connectivity index (χ3v) is 7.92. The van der Waals surface area contributed by atoms with Crippen LogP contribution >= 0.6 is 39.1 Å². The molecule has 12 heteroatoms. The van der Waals surface area contributed by atoms with Crippen molar-refractivity contribution in [2.75, 3.05) is 21.2 Å².